The highest BCUT2D eigenvalue weighted by atomic mass is 16.5. The normalized spacial score (nSPS) is 25.2. The maximum atomic E-state index is 13.7. The average molecular weight is 480 g/mol. The molecule has 0 bridgehead atoms. The lowest BCUT2D eigenvalue weighted by atomic mass is 9.84. The predicted molar refractivity (Wildman–Crippen MR) is 135 cm³/mol. The van der Waals surface area contributed by atoms with Crippen molar-refractivity contribution >= 4 is 23.1 Å². The van der Waals surface area contributed by atoms with Gasteiger partial charge < -0.3 is 9.64 Å². The van der Waals surface area contributed by atoms with Crippen LogP contribution in [0.1, 0.15) is 74.5 Å². The third kappa shape index (κ3) is 4.66. The molecule has 188 valence electrons. The molecule has 35 heavy (non-hydrogen) atoms. The summed E-state index contributed by atoms with van der Waals surface area (Å²) in [6.07, 6.45) is 12.3. The number of piperazine rings is 1. The monoisotopic (exact) mass is 479 g/mol. The summed E-state index contributed by atoms with van der Waals surface area (Å²) in [6, 6.07) is 0.640. The fourth-order valence-corrected chi connectivity index (χ4v) is 5.99. The molecule has 1 saturated heterocycles. The summed E-state index contributed by atoms with van der Waals surface area (Å²) in [5.41, 5.74) is 3.90. The first-order valence-electron chi connectivity index (χ1n) is 13.1. The number of aromatic nitrogens is 2. The van der Waals surface area contributed by atoms with E-state index in [9.17, 15) is 9.59 Å². The lowest BCUT2D eigenvalue weighted by molar-refractivity contribution is -0.135. The van der Waals surface area contributed by atoms with E-state index in [-0.39, 0.29) is 17.7 Å². The van der Waals surface area contributed by atoms with E-state index in [0.717, 1.165) is 75.3 Å². The van der Waals surface area contributed by atoms with Crippen LogP contribution in [0.15, 0.2) is 28.9 Å². The number of aliphatic imine (C=N–C) groups is 1. The molecule has 0 spiro atoms. The molecule has 2 aliphatic carbocycles. The number of hydrogen-bond donors (Lipinski definition) is 0. The molecule has 0 N–H and O–H groups in total. The first kappa shape index (κ1) is 24.1. The minimum absolute atomic E-state index is 0.140. The van der Waals surface area contributed by atoms with Crippen LogP contribution in [0.3, 0.4) is 0 Å². The highest BCUT2D eigenvalue weighted by Crippen LogP contribution is 2.38. The summed E-state index contributed by atoms with van der Waals surface area (Å²) in [4.78, 5) is 35.3. The molecular weight excluding hydrogens is 442 g/mol. The van der Waals surface area contributed by atoms with Crippen LogP contribution in [0.2, 0.25) is 0 Å². The minimum atomic E-state index is -0.336. The van der Waals surface area contributed by atoms with E-state index in [1.165, 1.54) is 12.8 Å². The molecule has 1 unspecified atom stereocenters. The number of carbonyl (C=O) groups excluding carboxylic acids is 2. The van der Waals surface area contributed by atoms with Crippen LogP contribution in [-0.2, 0) is 9.53 Å². The number of fused-ring (bicyclic) bond motifs is 3. The number of carbonyl (C=O) groups is 2. The summed E-state index contributed by atoms with van der Waals surface area (Å²) >= 11 is 0. The molecule has 0 aromatic carbocycles. The maximum absolute atomic E-state index is 13.7. The standard InChI is InChI=1S/C27H37N5O3/c1-18-14-24-22(25-23(26(33)29-24)16-28-32(25)20-8-4-5-9-20)15-21(18)27(34)31-12-11-30(19(2)17-31)10-6-7-13-35-3/h14-16,19-21H,4-13,17H2,1-3H3/t19-,21?/m0/s1. The van der Waals surface area contributed by atoms with E-state index < -0.39 is 0 Å². The number of hydrogen-bond acceptors (Lipinski definition) is 5. The van der Waals surface area contributed by atoms with E-state index in [0.29, 0.717) is 23.4 Å². The summed E-state index contributed by atoms with van der Waals surface area (Å²) in [7, 11) is 1.74. The van der Waals surface area contributed by atoms with Gasteiger partial charge in [-0.05, 0) is 52.2 Å². The van der Waals surface area contributed by atoms with Crippen LogP contribution in [-0.4, -0.2) is 83.0 Å². The Morgan fingerprint density at radius 2 is 2.00 bits per heavy atom. The van der Waals surface area contributed by atoms with Crippen molar-refractivity contribution in [2.24, 2.45) is 10.9 Å². The van der Waals surface area contributed by atoms with E-state index in [1.54, 1.807) is 13.3 Å². The Balaban J connectivity index is 1.34. The second-order valence-electron chi connectivity index (χ2n) is 10.4. The smallest absolute Gasteiger partial charge is 0.281 e. The van der Waals surface area contributed by atoms with E-state index >= 15 is 0 Å². The molecule has 3 heterocycles. The number of amides is 2. The fraction of sp³-hybridized carbons (Fsp3) is 0.630. The van der Waals surface area contributed by atoms with E-state index in [2.05, 4.69) is 21.9 Å². The Morgan fingerprint density at radius 1 is 1.20 bits per heavy atom. The van der Waals surface area contributed by atoms with Gasteiger partial charge in [0.05, 0.1) is 35.1 Å². The van der Waals surface area contributed by atoms with Crippen molar-refractivity contribution in [3.63, 3.8) is 0 Å². The van der Waals surface area contributed by atoms with Crippen molar-refractivity contribution in [1.82, 2.24) is 19.6 Å². The highest BCUT2D eigenvalue weighted by molar-refractivity contribution is 6.36. The highest BCUT2D eigenvalue weighted by Gasteiger charge is 2.37. The van der Waals surface area contributed by atoms with Gasteiger partial charge in [-0.1, -0.05) is 24.5 Å². The molecule has 2 aliphatic heterocycles. The Hall–Kier alpha value is -2.58. The molecule has 8 nitrogen and oxygen atoms in total. The van der Waals surface area contributed by atoms with Crippen LogP contribution in [0.25, 0.3) is 5.57 Å². The molecule has 2 fully saturated rings. The number of nitrogens with zero attached hydrogens (tertiary/aromatic N) is 5. The zero-order valence-corrected chi connectivity index (χ0v) is 21.2. The van der Waals surface area contributed by atoms with Crippen LogP contribution in [0.5, 0.6) is 0 Å². The molecule has 8 heteroatoms. The fourth-order valence-electron chi connectivity index (χ4n) is 5.99. The lowest BCUT2D eigenvalue weighted by Crippen LogP contribution is -2.55. The van der Waals surface area contributed by atoms with Gasteiger partial charge in [0, 0.05) is 45.0 Å². The molecule has 1 aromatic rings. The quantitative estimate of drug-likeness (QED) is 0.559. The van der Waals surface area contributed by atoms with Gasteiger partial charge >= 0.3 is 0 Å². The lowest BCUT2D eigenvalue weighted by Gasteiger charge is -2.41. The van der Waals surface area contributed by atoms with Crippen molar-refractivity contribution < 1.29 is 14.3 Å². The first-order chi connectivity index (χ1) is 17.0. The number of methoxy groups -OCH3 is 1. The summed E-state index contributed by atoms with van der Waals surface area (Å²) in [6.45, 7) is 8.40. The summed E-state index contributed by atoms with van der Waals surface area (Å²) in [5.74, 6) is -0.431. The van der Waals surface area contributed by atoms with E-state index in [1.807, 2.05) is 28.7 Å². The van der Waals surface area contributed by atoms with Gasteiger partial charge in [-0.15, -0.1) is 0 Å². The van der Waals surface area contributed by atoms with Crippen molar-refractivity contribution in [1.29, 1.82) is 0 Å². The molecule has 5 rings (SSSR count). The number of allylic oxidation sites excluding steroid dienone is 2. The number of rotatable bonds is 7. The Morgan fingerprint density at radius 3 is 2.74 bits per heavy atom. The van der Waals surface area contributed by atoms with E-state index in [4.69, 9.17) is 4.74 Å². The Bertz CT molecular complexity index is 1080. The molecule has 2 amide bonds. The SMILES string of the molecule is COCCCCN1CCN(C(=O)C2C=C3C(=NC(=O)c4cnn(C5CCCC5)c43)C=C2C)C[C@@H]1C. The number of unbranched alkanes of at least 4 members (excludes halogenated alkanes) is 1. The Kier molecular flexibility index (Phi) is 7.02. The van der Waals surface area contributed by atoms with Gasteiger partial charge in [-0.2, -0.15) is 5.10 Å². The molecule has 4 aliphatic rings. The largest absolute Gasteiger partial charge is 0.385 e. The van der Waals surface area contributed by atoms with Gasteiger partial charge in [0.25, 0.3) is 5.91 Å². The van der Waals surface area contributed by atoms with Gasteiger partial charge in [-0.25, -0.2) is 4.99 Å². The van der Waals surface area contributed by atoms with Gasteiger partial charge in [0.15, 0.2) is 0 Å². The van der Waals surface area contributed by atoms with Crippen LogP contribution in [0, 0.1) is 5.92 Å². The van der Waals surface area contributed by atoms with Crippen molar-refractivity contribution in [2.75, 3.05) is 39.9 Å². The summed E-state index contributed by atoms with van der Waals surface area (Å²) in [5, 5.41) is 4.61. The van der Waals surface area contributed by atoms with Crippen molar-refractivity contribution in [3.8, 4) is 0 Å². The van der Waals surface area contributed by atoms with Gasteiger partial charge in [0.1, 0.15) is 0 Å². The molecule has 1 saturated carbocycles. The topological polar surface area (TPSA) is 80.0 Å². The van der Waals surface area contributed by atoms with Gasteiger partial charge in [-0.3, -0.25) is 19.2 Å². The zero-order valence-electron chi connectivity index (χ0n) is 21.2. The van der Waals surface area contributed by atoms with Crippen molar-refractivity contribution in [3.05, 3.63) is 35.2 Å². The van der Waals surface area contributed by atoms with Crippen LogP contribution < -0.4 is 0 Å². The van der Waals surface area contributed by atoms with Crippen LogP contribution in [0.4, 0.5) is 0 Å². The average Bonchev–Trinajstić information content (AvgIpc) is 3.52. The number of ether oxygens (including phenoxy) is 1. The maximum Gasteiger partial charge on any atom is 0.281 e. The minimum Gasteiger partial charge on any atom is -0.385 e. The molecular formula is C27H37N5O3. The second-order valence-corrected chi connectivity index (χ2v) is 10.4. The molecule has 2 atom stereocenters. The third-order valence-electron chi connectivity index (χ3n) is 8.02. The summed E-state index contributed by atoms with van der Waals surface area (Å²) < 4.78 is 7.19. The Labute approximate surface area is 207 Å². The van der Waals surface area contributed by atoms with Crippen molar-refractivity contribution in [2.45, 2.75) is 64.5 Å². The zero-order chi connectivity index (χ0) is 24.5. The molecule has 1 aromatic heterocycles. The third-order valence-corrected chi connectivity index (χ3v) is 8.02. The van der Waals surface area contributed by atoms with Crippen LogP contribution >= 0.6 is 0 Å². The predicted octanol–water partition coefficient (Wildman–Crippen LogP) is 3.51. The molecule has 0 radical (unpaired) electrons. The first-order valence-corrected chi connectivity index (χ1v) is 13.1. The van der Waals surface area contributed by atoms with Gasteiger partial charge in [0.2, 0.25) is 5.91 Å². The second kappa shape index (κ2) is 10.2.